The van der Waals surface area contributed by atoms with Crippen molar-refractivity contribution in [3.05, 3.63) is 0 Å². The van der Waals surface area contributed by atoms with Crippen LogP contribution in [0.4, 0.5) is 0 Å². The Kier molecular flexibility index (Phi) is 2.74. The molecule has 4 nitrogen and oxygen atoms in total. The highest BCUT2D eigenvalue weighted by atomic mass is 16.5. The maximum atomic E-state index is 11.7. The summed E-state index contributed by atoms with van der Waals surface area (Å²) in [4.78, 5) is 13.7. The van der Waals surface area contributed by atoms with E-state index in [0.29, 0.717) is 24.5 Å². The van der Waals surface area contributed by atoms with E-state index < -0.39 is 0 Å². The van der Waals surface area contributed by atoms with E-state index in [4.69, 9.17) is 10.5 Å². The minimum absolute atomic E-state index is 0.135. The van der Waals surface area contributed by atoms with Crippen molar-refractivity contribution < 1.29 is 9.53 Å². The van der Waals surface area contributed by atoms with Crippen LogP contribution in [0.5, 0.6) is 0 Å². The minimum Gasteiger partial charge on any atom is -0.375 e. The third kappa shape index (κ3) is 1.42. The minimum atomic E-state index is 0.135. The number of carbonyl (C=O) groups excluding carboxylic acids is 1. The molecule has 0 aromatic heterocycles. The van der Waals surface area contributed by atoms with E-state index in [1.807, 2.05) is 4.90 Å². The molecule has 0 aromatic carbocycles. The van der Waals surface area contributed by atoms with Gasteiger partial charge in [0.25, 0.3) is 0 Å². The molecule has 2 fully saturated rings. The summed E-state index contributed by atoms with van der Waals surface area (Å²) in [6.07, 6.45) is 3.37. The monoisotopic (exact) mass is 198 g/mol. The summed E-state index contributed by atoms with van der Waals surface area (Å²) in [6, 6.07) is 0.837. The van der Waals surface area contributed by atoms with E-state index in [9.17, 15) is 4.79 Å². The second-order valence-electron chi connectivity index (χ2n) is 4.26. The standard InChI is InChI=1S/C10H18N2O2/c1-14-6-10(13)12-8-2-3-9(12)7(4-8)5-11/h7-9H,2-6,11H2,1H3. The van der Waals surface area contributed by atoms with Crippen LogP contribution in [0.3, 0.4) is 0 Å². The molecule has 0 radical (unpaired) electrons. The van der Waals surface area contributed by atoms with E-state index in [2.05, 4.69) is 0 Å². The number of hydrogen-bond donors (Lipinski definition) is 1. The number of methoxy groups -OCH3 is 1. The third-order valence-corrected chi connectivity index (χ3v) is 3.52. The quantitative estimate of drug-likeness (QED) is 0.693. The van der Waals surface area contributed by atoms with Crippen LogP contribution >= 0.6 is 0 Å². The van der Waals surface area contributed by atoms with Gasteiger partial charge in [-0.1, -0.05) is 0 Å². The number of rotatable bonds is 3. The molecule has 2 bridgehead atoms. The molecular weight excluding hydrogens is 180 g/mol. The van der Waals surface area contributed by atoms with Crippen molar-refractivity contribution in [3.8, 4) is 0 Å². The van der Waals surface area contributed by atoms with Crippen LogP contribution in [0.25, 0.3) is 0 Å². The molecule has 3 unspecified atom stereocenters. The molecule has 2 aliphatic rings. The molecule has 2 heterocycles. The molecule has 4 heteroatoms. The number of ether oxygens (including phenoxy) is 1. The molecule has 80 valence electrons. The summed E-state index contributed by atoms with van der Waals surface area (Å²) in [5.74, 6) is 0.658. The fraction of sp³-hybridized carbons (Fsp3) is 0.900. The van der Waals surface area contributed by atoms with Crippen molar-refractivity contribution in [3.63, 3.8) is 0 Å². The number of fused-ring (bicyclic) bond motifs is 2. The molecule has 0 aliphatic carbocycles. The predicted octanol–water partition coefficient (Wildman–Crippen LogP) is -0.0290. The Morgan fingerprint density at radius 1 is 1.57 bits per heavy atom. The van der Waals surface area contributed by atoms with E-state index in [1.165, 1.54) is 0 Å². The molecule has 2 aliphatic heterocycles. The van der Waals surface area contributed by atoms with Gasteiger partial charge in [-0.3, -0.25) is 4.79 Å². The largest absolute Gasteiger partial charge is 0.375 e. The molecule has 0 saturated carbocycles. The van der Waals surface area contributed by atoms with Crippen LogP contribution in [0.1, 0.15) is 19.3 Å². The van der Waals surface area contributed by atoms with Crippen molar-refractivity contribution >= 4 is 5.91 Å². The lowest BCUT2D eigenvalue weighted by molar-refractivity contribution is -0.136. The first-order valence-corrected chi connectivity index (χ1v) is 5.28. The number of amides is 1. The average Bonchev–Trinajstić information content (AvgIpc) is 2.74. The zero-order valence-corrected chi connectivity index (χ0v) is 8.61. The van der Waals surface area contributed by atoms with Gasteiger partial charge in [0, 0.05) is 19.2 Å². The number of carbonyl (C=O) groups is 1. The van der Waals surface area contributed by atoms with Gasteiger partial charge >= 0.3 is 0 Å². The topological polar surface area (TPSA) is 55.6 Å². The van der Waals surface area contributed by atoms with E-state index >= 15 is 0 Å². The van der Waals surface area contributed by atoms with Crippen LogP contribution < -0.4 is 5.73 Å². The smallest absolute Gasteiger partial charge is 0.249 e. The third-order valence-electron chi connectivity index (χ3n) is 3.52. The predicted molar refractivity (Wildman–Crippen MR) is 52.7 cm³/mol. The van der Waals surface area contributed by atoms with Crippen molar-refractivity contribution in [2.75, 3.05) is 20.3 Å². The first kappa shape index (κ1) is 9.93. The number of hydrogen-bond acceptors (Lipinski definition) is 3. The molecule has 1 amide bonds. The van der Waals surface area contributed by atoms with Crippen molar-refractivity contribution in [1.82, 2.24) is 4.90 Å². The normalized spacial score (nSPS) is 35.3. The van der Waals surface area contributed by atoms with Crippen molar-refractivity contribution in [1.29, 1.82) is 0 Å². The second-order valence-corrected chi connectivity index (χ2v) is 4.26. The SMILES string of the molecule is COCC(=O)N1C2CCC1C(CN)C2. The maximum absolute atomic E-state index is 11.7. The Morgan fingerprint density at radius 3 is 2.93 bits per heavy atom. The van der Waals surface area contributed by atoms with Gasteiger partial charge in [-0.05, 0) is 31.7 Å². The first-order valence-electron chi connectivity index (χ1n) is 5.28. The van der Waals surface area contributed by atoms with Gasteiger partial charge < -0.3 is 15.4 Å². The summed E-state index contributed by atoms with van der Waals surface area (Å²) in [6.45, 7) is 0.919. The molecule has 3 atom stereocenters. The van der Waals surface area contributed by atoms with Gasteiger partial charge in [-0.25, -0.2) is 0 Å². The van der Waals surface area contributed by atoms with E-state index in [-0.39, 0.29) is 12.5 Å². The summed E-state index contributed by atoms with van der Waals surface area (Å²) >= 11 is 0. The molecule has 0 aromatic rings. The number of nitrogens with two attached hydrogens (primary N) is 1. The zero-order valence-electron chi connectivity index (χ0n) is 8.61. The average molecular weight is 198 g/mol. The maximum Gasteiger partial charge on any atom is 0.249 e. The van der Waals surface area contributed by atoms with Crippen molar-refractivity contribution in [2.24, 2.45) is 11.7 Å². The van der Waals surface area contributed by atoms with Crippen LogP contribution in [0.15, 0.2) is 0 Å². The van der Waals surface area contributed by atoms with E-state index in [0.717, 1.165) is 19.3 Å². The van der Waals surface area contributed by atoms with Crippen molar-refractivity contribution in [2.45, 2.75) is 31.3 Å². The molecule has 14 heavy (non-hydrogen) atoms. The second kappa shape index (κ2) is 3.87. The molecule has 0 spiro atoms. The van der Waals surface area contributed by atoms with Crippen LogP contribution in [0, 0.1) is 5.92 Å². The van der Waals surface area contributed by atoms with Crippen LogP contribution in [-0.4, -0.2) is 43.2 Å². The zero-order chi connectivity index (χ0) is 10.1. The highest BCUT2D eigenvalue weighted by Crippen LogP contribution is 2.41. The van der Waals surface area contributed by atoms with Gasteiger partial charge in [0.05, 0.1) is 0 Å². The Bertz CT molecular complexity index is 232. The lowest BCUT2D eigenvalue weighted by Gasteiger charge is -2.23. The fourth-order valence-electron chi connectivity index (χ4n) is 2.95. The molecule has 2 N–H and O–H groups in total. The number of nitrogens with zero attached hydrogens (tertiary/aromatic N) is 1. The molecular formula is C10H18N2O2. The Labute approximate surface area is 84.4 Å². The Morgan fingerprint density at radius 2 is 2.36 bits per heavy atom. The lowest BCUT2D eigenvalue weighted by atomic mass is 9.89. The van der Waals surface area contributed by atoms with Crippen LogP contribution in [-0.2, 0) is 9.53 Å². The van der Waals surface area contributed by atoms with Gasteiger partial charge in [0.15, 0.2) is 0 Å². The highest BCUT2D eigenvalue weighted by Gasteiger charge is 2.47. The highest BCUT2D eigenvalue weighted by molar-refractivity contribution is 5.79. The Balaban J connectivity index is 2.03. The summed E-state index contributed by atoms with van der Waals surface area (Å²) < 4.78 is 4.89. The van der Waals surface area contributed by atoms with Gasteiger partial charge in [-0.15, -0.1) is 0 Å². The lowest BCUT2D eigenvalue weighted by Crippen LogP contribution is -2.39. The van der Waals surface area contributed by atoms with Gasteiger partial charge in [-0.2, -0.15) is 0 Å². The first-order chi connectivity index (χ1) is 6.77. The summed E-state index contributed by atoms with van der Waals surface area (Å²) in [5.41, 5.74) is 5.69. The van der Waals surface area contributed by atoms with Gasteiger partial charge in [0.2, 0.25) is 5.91 Å². The van der Waals surface area contributed by atoms with Crippen LogP contribution in [0.2, 0.25) is 0 Å². The Hall–Kier alpha value is -0.610. The van der Waals surface area contributed by atoms with Gasteiger partial charge in [0.1, 0.15) is 6.61 Å². The summed E-state index contributed by atoms with van der Waals surface area (Å²) in [5, 5.41) is 0. The molecule has 2 rings (SSSR count). The van der Waals surface area contributed by atoms with E-state index in [1.54, 1.807) is 7.11 Å². The summed E-state index contributed by atoms with van der Waals surface area (Å²) in [7, 11) is 1.57. The fourth-order valence-corrected chi connectivity index (χ4v) is 2.95. The molecule has 2 saturated heterocycles.